The first-order chi connectivity index (χ1) is 7.63. The highest BCUT2D eigenvalue weighted by molar-refractivity contribution is 8.00. The maximum absolute atomic E-state index is 11.0. The van der Waals surface area contributed by atoms with Gasteiger partial charge in [0.2, 0.25) is 0 Å². The van der Waals surface area contributed by atoms with Gasteiger partial charge < -0.3 is 18.9 Å². The lowest BCUT2D eigenvalue weighted by Crippen LogP contribution is -2.38. The van der Waals surface area contributed by atoms with Crippen molar-refractivity contribution in [3.8, 4) is 0 Å². The minimum absolute atomic E-state index is 0.115. The van der Waals surface area contributed by atoms with Gasteiger partial charge in [-0.05, 0) is 0 Å². The van der Waals surface area contributed by atoms with E-state index >= 15 is 0 Å². The van der Waals surface area contributed by atoms with E-state index in [4.69, 9.17) is 18.9 Å². The monoisotopic (exact) mass is 250 g/mol. The molecule has 0 amide bonds. The van der Waals surface area contributed by atoms with Gasteiger partial charge in [-0.15, -0.1) is 11.8 Å². The number of carbonyl (C=O) groups excluding carboxylic acids is 1. The van der Waals surface area contributed by atoms with Crippen LogP contribution in [0.15, 0.2) is 0 Å². The van der Waals surface area contributed by atoms with Crippen LogP contribution in [-0.2, 0) is 23.7 Å². The van der Waals surface area contributed by atoms with Gasteiger partial charge in [-0.25, -0.2) is 0 Å². The van der Waals surface area contributed by atoms with Gasteiger partial charge in [0.15, 0.2) is 5.44 Å². The molecule has 0 saturated carbocycles. The first kappa shape index (κ1) is 13.8. The van der Waals surface area contributed by atoms with E-state index in [1.807, 2.05) is 0 Å². The normalized spacial score (nSPS) is 34.0. The molecule has 1 saturated heterocycles. The molecule has 1 aliphatic heterocycles. The highest BCUT2D eigenvalue weighted by Gasteiger charge is 2.46. The lowest BCUT2D eigenvalue weighted by molar-refractivity contribution is -0.150. The van der Waals surface area contributed by atoms with E-state index < -0.39 is 0 Å². The SMILES string of the molecule is COC[C@@H]1SC(OC(C)=O)[C@H](OC)[C@H]1OC. The number of carbonyl (C=O) groups is 1. The third-order valence-corrected chi connectivity index (χ3v) is 3.81. The Kier molecular flexibility index (Phi) is 5.54. The maximum Gasteiger partial charge on any atom is 0.303 e. The molecule has 1 heterocycles. The molecule has 0 spiro atoms. The topological polar surface area (TPSA) is 54.0 Å². The van der Waals surface area contributed by atoms with Crippen molar-refractivity contribution in [1.29, 1.82) is 0 Å². The maximum atomic E-state index is 11.0. The van der Waals surface area contributed by atoms with Crippen LogP contribution < -0.4 is 0 Å². The smallest absolute Gasteiger partial charge is 0.303 e. The fraction of sp³-hybridized carbons (Fsp3) is 0.900. The molecular formula is C10H18O5S. The largest absolute Gasteiger partial charge is 0.449 e. The Bertz CT molecular complexity index is 235. The summed E-state index contributed by atoms with van der Waals surface area (Å²) in [4.78, 5) is 11.0. The van der Waals surface area contributed by atoms with Crippen LogP contribution in [0.4, 0.5) is 0 Å². The van der Waals surface area contributed by atoms with Gasteiger partial charge in [-0.1, -0.05) is 0 Å². The molecule has 0 aliphatic carbocycles. The molecule has 16 heavy (non-hydrogen) atoms. The van der Waals surface area contributed by atoms with Gasteiger partial charge >= 0.3 is 5.97 Å². The average Bonchev–Trinajstić information content (AvgIpc) is 2.54. The Morgan fingerprint density at radius 3 is 2.25 bits per heavy atom. The highest BCUT2D eigenvalue weighted by atomic mass is 32.2. The average molecular weight is 250 g/mol. The van der Waals surface area contributed by atoms with Gasteiger partial charge in [-0.2, -0.15) is 0 Å². The van der Waals surface area contributed by atoms with E-state index in [-0.39, 0.29) is 28.9 Å². The lowest BCUT2D eigenvalue weighted by Gasteiger charge is -2.22. The Labute approximate surface area is 99.8 Å². The molecule has 1 aliphatic rings. The van der Waals surface area contributed by atoms with Crippen molar-refractivity contribution in [1.82, 2.24) is 0 Å². The Morgan fingerprint density at radius 2 is 1.81 bits per heavy atom. The second-order valence-electron chi connectivity index (χ2n) is 3.51. The number of methoxy groups -OCH3 is 3. The summed E-state index contributed by atoms with van der Waals surface area (Å²) in [5, 5.41) is 0.115. The van der Waals surface area contributed by atoms with E-state index in [1.165, 1.54) is 18.7 Å². The molecule has 0 bridgehead atoms. The van der Waals surface area contributed by atoms with E-state index in [0.29, 0.717) is 6.61 Å². The molecule has 94 valence electrons. The zero-order valence-electron chi connectivity index (χ0n) is 9.97. The van der Waals surface area contributed by atoms with Crippen molar-refractivity contribution in [2.24, 2.45) is 0 Å². The van der Waals surface area contributed by atoms with E-state index in [1.54, 1.807) is 21.3 Å². The van der Waals surface area contributed by atoms with Gasteiger partial charge in [0.25, 0.3) is 0 Å². The van der Waals surface area contributed by atoms with Crippen molar-refractivity contribution >= 4 is 17.7 Å². The lowest BCUT2D eigenvalue weighted by atomic mass is 10.1. The summed E-state index contributed by atoms with van der Waals surface area (Å²) in [5.41, 5.74) is -0.326. The molecule has 6 heteroatoms. The van der Waals surface area contributed by atoms with Gasteiger partial charge in [0.1, 0.15) is 12.2 Å². The minimum Gasteiger partial charge on any atom is -0.449 e. The number of esters is 1. The third-order valence-electron chi connectivity index (χ3n) is 2.42. The van der Waals surface area contributed by atoms with Crippen molar-refractivity contribution in [2.75, 3.05) is 27.9 Å². The van der Waals surface area contributed by atoms with Gasteiger partial charge in [0.05, 0.1) is 11.9 Å². The number of rotatable bonds is 5. The standard InChI is InChI=1S/C10H18O5S/c1-6(11)15-10-9(14-4)8(13-3)7(16-10)5-12-2/h7-10H,5H2,1-4H3/t7-,8-,9+,10?/m0/s1. The molecule has 5 nitrogen and oxygen atoms in total. The Balaban J connectivity index is 2.69. The third kappa shape index (κ3) is 3.10. The molecule has 4 atom stereocenters. The number of ether oxygens (including phenoxy) is 4. The number of hydrogen-bond donors (Lipinski definition) is 0. The predicted molar refractivity (Wildman–Crippen MR) is 60.4 cm³/mol. The van der Waals surface area contributed by atoms with Crippen molar-refractivity contribution in [2.45, 2.75) is 29.8 Å². The van der Waals surface area contributed by atoms with Crippen LogP contribution in [-0.4, -0.2) is 56.8 Å². The molecular weight excluding hydrogens is 232 g/mol. The summed E-state index contributed by atoms with van der Waals surface area (Å²) in [5.74, 6) is -0.313. The van der Waals surface area contributed by atoms with Crippen LogP contribution in [0.2, 0.25) is 0 Å². The van der Waals surface area contributed by atoms with Crippen LogP contribution >= 0.6 is 11.8 Å². The van der Waals surface area contributed by atoms with Crippen molar-refractivity contribution in [3.63, 3.8) is 0 Å². The Morgan fingerprint density at radius 1 is 1.19 bits per heavy atom. The summed E-state index contributed by atoms with van der Waals surface area (Å²) in [6, 6.07) is 0. The molecule has 0 N–H and O–H groups in total. The summed E-state index contributed by atoms with van der Waals surface area (Å²) in [6.07, 6.45) is -0.377. The van der Waals surface area contributed by atoms with Crippen LogP contribution in [0.1, 0.15) is 6.92 Å². The summed E-state index contributed by atoms with van der Waals surface area (Å²) >= 11 is 1.51. The molecule has 1 rings (SSSR count). The van der Waals surface area contributed by atoms with Crippen LogP contribution in [0, 0.1) is 0 Å². The molecule has 0 radical (unpaired) electrons. The highest BCUT2D eigenvalue weighted by Crippen LogP contribution is 2.38. The minimum atomic E-state index is -0.326. The number of hydrogen-bond acceptors (Lipinski definition) is 6. The Hall–Kier alpha value is -0.300. The molecule has 1 fully saturated rings. The predicted octanol–water partition coefficient (Wildman–Crippen LogP) is 0.667. The zero-order valence-corrected chi connectivity index (χ0v) is 10.8. The van der Waals surface area contributed by atoms with Crippen LogP contribution in [0.5, 0.6) is 0 Å². The fourth-order valence-electron chi connectivity index (χ4n) is 1.78. The molecule has 1 unspecified atom stereocenters. The molecule has 0 aromatic rings. The van der Waals surface area contributed by atoms with Crippen LogP contribution in [0.25, 0.3) is 0 Å². The van der Waals surface area contributed by atoms with Crippen molar-refractivity contribution in [3.05, 3.63) is 0 Å². The second kappa shape index (κ2) is 6.44. The second-order valence-corrected chi connectivity index (χ2v) is 4.85. The van der Waals surface area contributed by atoms with Gasteiger partial charge in [-0.3, -0.25) is 4.79 Å². The molecule has 0 aromatic heterocycles. The van der Waals surface area contributed by atoms with Gasteiger partial charge in [0, 0.05) is 28.3 Å². The van der Waals surface area contributed by atoms with E-state index in [0.717, 1.165) is 0 Å². The summed E-state index contributed by atoms with van der Waals surface area (Å²) in [7, 11) is 4.84. The zero-order chi connectivity index (χ0) is 12.1. The quantitative estimate of drug-likeness (QED) is 0.668. The van der Waals surface area contributed by atoms with E-state index in [2.05, 4.69) is 0 Å². The first-order valence-corrected chi connectivity index (χ1v) is 5.95. The summed E-state index contributed by atoms with van der Waals surface area (Å²) in [6.45, 7) is 1.93. The first-order valence-electron chi connectivity index (χ1n) is 5.01. The molecule has 0 aromatic carbocycles. The van der Waals surface area contributed by atoms with Crippen molar-refractivity contribution < 1.29 is 23.7 Å². The van der Waals surface area contributed by atoms with Crippen LogP contribution in [0.3, 0.4) is 0 Å². The fourth-order valence-corrected chi connectivity index (χ4v) is 3.37. The number of thioether (sulfide) groups is 1. The van der Waals surface area contributed by atoms with E-state index in [9.17, 15) is 4.79 Å². The summed E-state index contributed by atoms with van der Waals surface area (Å²) < 4.78 is 21.0.